The third-order valence-electron chi connectivity index (χ3n) is 4.49. The summed E-state index contributed by atoms with van der Waals surface area (Å²) in [5.41, 5.74) is 6.19. The van der Waals surface area contributed by atoms with Gasteiger partial charge in [0.2, 0.25) is 0 Å². The quantitative estimate of drug-likeness (QED) is 0.460. The standard InChI is InChI=1S/C25H25N.C2H6/c1-3-10-21(22-13-7-8-14-22)15-9-20-26(2)25-18-16-24(17-19-25)23-11-5-4-6-12-23;1-2/h3-7,9-19H,1,8,20H2,2H3;1-2H3/b15-9-,21-10+;. The molecule has 1 heteroatoms. The van der Waals surface area contributed by atoms with Crippen LogP contribution in [0.15, 0.2) is 115 Å². The average Bonchev–Trinajstić information content (AvgIpc) is 3.30. The molecule has 0 N–H and O–H groups in total. The van der Waals surface area contributed by atoms with Gasteiger partial charge < -0.3 is 4.90 Å². The van der Waals surface area contributed by atoms with Gasteiger partial charge in [-0.2, -0.15) is 0 Å². The third-order valence-corrected chi connectivity index (χ3v) is 4.49. The van der Waals surface area contributed by atoms with Gasteiger partial charge >= 0.3 is 0 Å². The lowest BCUT2D eigenvalue weighted by Gasteiger charge is -2.18. The van der Waals surface area contributed by atoms with Crippen molar-refractivity contribution >= 4 is 5.69 Å². The summed E-state index contributed by atoms with van der Waals surface area (Å²) < 4.78 is 0. The Labute approximate surface area is 170 Å². The van der Waals surface area contributed by atoms with Crippen molar-refractivity contribution in [1.82, 2.24) is 0 Å². The highest BCUT2D eigenvalue weighted by molar-refractivity contribution is 5.66. The largest absolute Gasteiger partial charge is 0.371 e. The summed E-state index contributed by atoms with van der Waals surface area (Å²) in [6.45, 7) is 8.68. The fourth-order valence-electron chi connectivity index (χ4n) is 3.03. The monoisotopic (exact) mass is 369 g/mol. The van der Waals surface area contributed by atoms with Crippen molar-refractivity contribution in [3.05, 3.63) is 115 Å². The van der Waals surface area contributed by atoms with Crippen molar-refractivity contribution in [2.24, 2.45) is 0 Å². The normalized spacial score (nSPS) is 13.1. The van der Waals surface area contributed by atoms with Gasteiger partial charge in [0.05, 0.1) is 0 Å². The molecule has 0 bridgehead atoms. The van der Waals surface area contributed by atoms with Crippen LogP contribution in [0.3, 0.4) is 0 Å². The van der Waals surface area contributed by atoms with Crippen molar-refractivity contribution in [2.75, 3.05) is 18.5 Å². The fraction of sp³-hybridized carbons (Fsp3) is 0.185. The summed E-state index contributed by atoms with van der Waals surface area (Å²) in [6.07, 6.45) is 15.9. The summed E-state index contributed by atoms with van der Waals surface area (Å²) in [5, 5.41) is 0. The lowest BCUT2D eigenvalue weighted by Crippen LogP contribution is -2.16. The highest BCUT2D eigenvalue weighted by Gasteiger charge is 2.03. The van der Waals surface area contributed by atoms with Crippen molar-refractivity contribution < 1.29 is 0 Å². The van der Waals surface area contributed by atoms with Crippen LogP contribution < -0.4 is 4.90 Å². The van der Waals surface area contributed by atoms with Gasteiger partial charge in [-0.3, -0.25) is 0 Å². The Balaban J connectivity index is 0.00000136. The molecule has 144 valence electrons. The zero-order valence-electron chi connectivity index (χ0n) is 17.3. The van der Waals surface area contributed by atoms with Crippen molar-refractivity contribution in [3.63, 3.8) is 0 Å². The first-order valence-corrected chi connectivity index (χ1v) is 10.0. The molecule has 1 nitrogen and oxygen atoms in total. The maximum absolute atomic E-state index is 3.82. The van der Waals surface area contributed by atoms with Gasteiger partial charge in [0.15, 0.2) is 0 Å². The molecule has 0 saturated heterocycles. The zero-order chi connectivity index (χ0) is 20.2. The number of allylic oxidation sites excluding steroid dienone is 8. The molecule has 2 aromatic rings. The van der Waals surface area contributed by atoms with Crippen molar-refractivity contribution in [1.29, 1.82) is 0 Å². The Morgan fingerprint density at radius 2 is 1.68 bits per heavy atom. The average molecular weight is 370 g/mol. The predicted molar refractivity (Wildman–Crippen MR) is 126 cm³/mol. The van der Waals surface area contributed by atoms with Crippen LogP contribution in [0.1, 0.15) is 20.3 Å². The number of anilines is 1. The minimum Gasteiger partial charge on any atom is -0.371 e. The molecule has 0 unspecified atom stereocenters. The molecule has 0 heterocycles. The van der Waals surface area contributed by atoms with Gasteiger partial charge in [0.1, 0.15) is 0 Å². The van der Waals surface area contributed by atoms with Crippen LogP contribution in [0.5, 0.6) is 0 Å². The molecule has 1 aliphatic rings. The van der Waals surface area contributed by atoms with E-state index in [2.05, 4.69) is 104 Å². The zero-order valence-corrected chi connectivity index (χ0v) is 17.3. The number of hydrogen-bond donors (Lipinski definition) is 0. The molecular formula is C27H31N. The molecule has 3 rings (SSSR count). The van der Waals surface area contributed by atoms with Gasteiger partial charge in [-0.25, -0.2) is 0 Å². The van der Waals surface area contributed by atoms with Crippen molar-refractivity contribution in [3.8, 4) is 11.1 Å². The van der Waals surface area contributed by atoms with Gasteiger partial charge in [0.25, 0.3) is 0 Å². The number of benzene rings is 2. The first-order valence-electron chi connectivity index (χ1n) is 10.0. The van der Waals surface area contributed by atoms with E-state index in [1.54, 1.807) is 0 Å². The van der Waals surface area contributed by atoms with Crippen LogP contribution in [-0.4, -0.2) is 13.6 Å². The molecule has 0 aromatic heterocycles. The summed E-state index contributed by atoms with van der Waals surface area (Å²) in [7, 11) is 2.12. The van der Waals surface area contributed by atoms with E-state index >= 15 is 0 Å². The number of hydrogen-bond acceptors (Lipinski definition) is 1. The predicted octanol–water partition coefficient (Wildman–Crippen LogP) is 7.37. The van der Waals surface area contributed by atoms with Crippen LogP contribution in [0, 0.1) is 0 Å². The molecule has 0 saturated carbocycles. The van der Waals surface area contributed by atoms with Gasteiger partial charge in [-0.15, -0.1) is 0 Å². The molecule has 28 heavy (non-hydrogen) atoms. The van der Waals surface area contributed by atoms with Crippen LogP contribution >= 0.6 is 0 Å². The molecule has 0 radical (unpaired) electrons. The van der Waals surface area contributed by atoms with E-state index in [9.17, 15) is 0 Å². The SMILES string of the molecule is C=C/C=C(\C=C/CN(C)c1ccc(-c2ccccc2)cc1)C1=CCC=C1.CC. The molecule has 0 amide bonds. The Hall–Kier alpha value is -3.06. The summed E-state index contributed by atoms with van der Waals surface area (Å²) >= 11 is 0. The van der Waals surface area contributed by atoms with E-state index in [-0.39, 0.29) is 0 Å². The van der Waals surface area contributed by atoms with Crippen LogP contribution in [0.25, 0.3) is 11.1 Å². The summed E-state index contributed by atoms with van der Waals surface area (Å²) in [6, 6.07) is 19.2. The summed E-state index contributed by atoms with van der Waals surface area (Å²) in [4.78, 5) is 2.25. The lowest BCUT2D eigenvalue weighted by atomic mass is 10.1. The Kier molecular flexibility index (Phi) is 8.81. The first-order chi connectivity index (χ1) is 13.8. The molecule has 0 spiro atoms. The molecule has 2 aromatic carbocycles. The molecule has 0 atom stereocenters. The lowest BCUT2D eigenvalue weighted by molar-refractivity contribution is 1.03. The van der Waals surface area contributed by atoms with Gasteiger partial charge in [0, 0.05) is 19.3 Å². The van der Waals surface area contributed by atoms with E-state index in [0.29, 0.717) is 0 Å². The second-order valence-corrected chi connectivity index (χ2v) is 6.35. The Bertz CT molecular complexity index is 849. The van der Waals surface area contributed by atoms with Crippen LogP contribution in [-0.2, 0) is 0 Å². The highest BCUT2D eigenvalue weighted by Crippen LogP contribution is 2.23. The number of likely N-dealkylation sites (N-methyl/N-ethyl adjacent to an activating group) is 1. The fourth-order valence-corrected chi connectivity index (χ4v) is 3.03. The number of rotatable bonds is 7. The van der Waals surface area contributed by atoms with Crippen LogP contribution in [0.2, 0.25) is 0 Å². The van der Waals surface area contributed by atoms with Gasteiger partial charge in [-0.1, -0.05) is 105 Å². The van der Waals surface area contributed by atoms with E-state index in [4.69, 9.17) is 0 Å². The van der Waals surface area contributed by atoms with Gasteiger partial charge in [-0.05, 0) is 40.8 Å². The maximum atomic E-state index is 3.82. The van der Waals surface area contributed by atoms with Crippen LogP contribution in [0.4, 0.5) is 5.69 Å². The molecule has 1 aliphatic carbocycles. The van der Waals surface area contributed by atoms with Crippen molar-refractivity contribution in [2.45, 2.75) is 20.3 Å². The second-order valence-electron chi connectivity index (χ2n) is 6.35. The number of nitrogens with zero attached hydrogens (tertiary/aromatic N) is 1. The molecular weight excluding hydrogens is 338 g/mol. The first kappa shape index (κ1) is 21.2. The molecule has 0 fully saturated rings. The summed E-state index contributed by atoms with van der Waals surface area (Å²) in [5.74, 6) is 0. The second kappa shape index (κ2) is 11.6. The molecule has 0 aliphatic heterocycles. The minimum absolute atomic E-state index is 0.857. The minimum atomic E-state index is 0.857. The topological polar surface area (TPSA) is 3.24 Å². The van der Waals surface area contributed by atoms with E-state index in [0.717, 1.165) is 13.0 Å². The highest BCUT2D eigenvalue weighted by atomic mass is 15.1. The van der Waals surface area contributed by atoms with E-state index < -0.39 is 0 Å². The smallest absolute Gasteiger partial charge is 0.0366 e. The maximum Gasteiger partial charge on any atom is 0.0366 e. The Morgan fingerprint density at radius 1 is 1.00 bits per heavy atom. The Morgan fingerprint density at radius 3 is 2.29 bits per heavy atom. The van der Waals surface area contributed by atoms with E-state index in [1.165, 1.54) is 28.0 Å². The van der Waals surface area contributed by atoms with E-state index in [1.807, 2.05) is 26.0 Å². The third kappa shape index (κ3) is 5.99.